The summed E-state index contributed by atoms with van der Waals surface area (Å²) in [6, 6.07) is 0. The van der Waals surface area contributed by atoms with Gasteiger partial charge in [0.15, 0.2) is 5.82 Å². The van der Waals surface area contributed by atoms with Crippen LogP contribution in [0.25, 0.3) is 0 Å². The summed E-state index contributed by atoms with van der Waals surface area (Å²) in [6.07, 6.45) is 11.9. The van der Waals surface area contributed by atoms with Gasteiger partial charge >= 0.3 is 6.09 Å². The van der Waals surface area contributed by atoms with Gasteiger partial charge in [0.05, 0.1) is 18.1 Å². The van der Waals surface area contributed by atoms with Gasteiger partial charge in [0, 0.05) is 6.54 Å². The van der Waals surface area contributed by atoms with E-state index in [-0.39, 0.29) is 0 Å². The molecule has 1 spiro atoms. The van der Waals surface area contributed by atoms with Gasteiger partial charge in [-0.25, -0.2) is 9.78 Å². The molecule has 1 amide bonds. The van der Waals surface area contributed by atoms with E-state index in [2.05, 4.69) is 16.9 Å². The predicted octanol–water partition coefficient (Wildman–Crippen LogP) is 4.58. The van der Waals surface area contributed by atoms with E-state index in [1.165, 1.54) is 55.8 Å². The zero-order valence-corrected chi connectivity index (χ0v) is 16.8. The van der Waals surface area contributed by atoms with Crippen molar-refractivity contribution in [1.29, 1.82) is 0 Å². The van der Waals surface area contributed by atoms with Gasteiger partial charge < -0.3 is 10.2 Å². The number of carboxylic acid groups (broad SMARTS) is 1. The lowest BCUT2D eigenvalue weighted by Crippen LogP contribution is -2.38. The summed E-state index contributed by atoms with van der Waals surface area (Å²) < 4.78 is 0. The summed E-state index contributed by atoms with van der Waals surface area (Å²) >= 11 is 0. The van der Waals surface area contributed by atoms with Crippen molar-refractivity contribution in [3.05, 3.63) is 18.1 Å². The predicted molar refractivity (Wildman–Crippen MR) is 105 cm³/mol. The van der Waals surface area contributed by atoms with Gasteiger partial charge in [0.25, 0.3) is 0 Å². The van der Waals surface area contributed by atoms with Gasteiger partial charge in [0.2, 0.25) is 0 Å². The highest BCUT2D eigenvalue weighted by atomic mass is 16.4. The minimum absolute atomic E-state index is 0.340. The van der Waals surface area contributed by atoms with Crippen molar-refractivity contribution in [3.63, 3.8) is 0 Å². The van der Waals surface area contributed by atoms with Crippen molar-refractivity contribution < 1.29 is 15.0 Å². The second-order valence-electron chi connectivity index (χ2n) is 9.05. The molecule has 2 fully saturated rings. The third kappa shape index (κ3) is 4.60. The molecule has 2 N–H and O–H groups in total. The molecule has 0 radical (unpaired) electrons. The fourth-order valence-electron chi connectivity index (χ4n) is 4.63. The van der Waals surface area contributed by atoms with Crippen LogP contribution in [0.1, 0.15) is 77.8 Å². The lowest BCUT2D eigenvalue weighted by atomic mass is 9.69. The van der Waals surface area contributed by atoms with Crippen molar-refractivity contribution in [2.24, 2.45) is 17.3 Å². The topological polar surface area (TPSA) is 86.6 Å². The molecule has 6 heteroatoms. The maximum atomic E-state index is 11.9. The smallest absolute Gasteiger partial charge is 0.413 e. The second-order valence-corrected chi connectivity index (χ2v) is 9.05. The van der Waals surface area contributed by atoms with Crippen molar-refractivity contribution >= 4 is 11.9 Å². The van der Waals surface area contributed by atoms with Gasteiger partial charge in [-0.3, -0.25) is 9.88 Å². The Hall–Kier alpha value is -1.69. The number of carbonyl (C=O) groups is 1. The Morgan fingerprint density at radius 3 is 2.56 bits per heavy atom. The van der Waals surface area contributed by atoms with E-state index in [4.69, 9.17) is 0 Å². The van der Waals surface area contributed by atoms with E-state index >= 15 is 0 Å². The van der Waals surface area contributed by atoms with E-state index < -0.39 is 11.7 Å². The monoisotopic (exact) mass is 375 g/mol. The Morgan fingerprint density at radius 1 is 1.30 bits per heavy atom. The quantitative estimate of drug-likeness (QED) is 0.729. The van der Waals surface area contributed by atoms with Crippen LogP contribution in [0, 0.1) is 17.3 Å². The second kappa shape index (κ2) is 7.74. The SMILES string of the molecule is CCCCC1CC(CN(C(=O)O)c2cnc(C(C)(C)O)cn2)CCC12CC2. The van der Waals surface area contributed by atoms with Crippen molar-refractivity contribution in [2.75, 3.05) is 11.4 Å². The zero-order valence-electron chi connectivity index (χ0n) is 16.8. The number of amides is 1. The number of hydrogen-bond donors (Lipinski definition) is 2. The molecule has 2 atom stereocenters. The number of hydrogen-bond acceptors (Lipinski definition) is 4. The lowest BCUT2D eigenvalue weighted by Gasteiger charge is -2.38. The van der Waals surface area contributed by atoms with Crippen LogP contribution < -0.4 is 4.90 Å². The summed E-state index contributed by atoms with van der Waals surface area (Å²) in [5, 5.41) is 19.7. The molecule has 3 rings (SSSR count). The van der Waals surface area contributed by atoms with Gasteiger partial charge in [0.1, 0.15) is 5.60 Å². The Bertz CT molecular complexity index is 650. The molecule has 2 unspecified atom stereocenters. The fourth-order valence-corrected chi connectivity index (χ4v) is 4.63. The summed E-state index contributed by atoms with van der Waals surface area (Å²) in [7, 11) is 0. The number of nitrogens with zero attached hydrogens (tertiary/aromatic N) is 3. The van der Waals surface area contributed by atoms with E-state index in [1.54, 1.807) is 13.8 Å². The Morgan fingerprint density at radius 2 is 2.04 bits per heavy atom. The van der Waals surface area contributed by atoms with E-state index in [0.717, 1.165) is 18.8 Å². The molecule has 1 heterocycles. The van der Waals surface area contributed by atoms with Crippen LogP contribution in [0.15, 0.2) is 12.4 Å². The molecule has 1 aromatic heterocycles. The van der Waals surface area contributed by atoms with Gasteiger partial charge in [-0.05, 0) is 69.6 Å². The van der Waals surface area contributed by atoms with Crippen LogP contribution in [0.3, 0.4) is 0 Å². The third-order valence-electron chi connectivity index (χ3n) is 6.55. The van der Waals surface area contributed by atoms with E-state index in [0.29, 0.717) is 29.4 Å². The first-order valence-electron chi connectivity index (χ1n) is 10.3. The third-order valence-corrected chi connectivity index (χ3v) is 6.55. The number of rotatable bonds is 7. The van der Waals surface area contributed by atoms with Crippen molar-refractivity contribution in [2.45, 2.75) is 77.7 Å². The van der Waals surface area contributed by atoms with Gasteiger partial charge in [-0.1, -0.05) is 19.8 Å². The van der Waals surface area contributed by atoms with Crippen LogP contribution in [-0.4, -0.2) is 32.8 Å². The Labute approximate surface area is 162 Å². The molecule has 1 aromatic rings. The average Bonchev–Trinajstić information content (AvgIpc) is 3.39. The molecule has 2 aliphatic rings. The molecule has 27 heavy (non-hydrogen) atoms. The van der Waals surface area contributed by atoms with Crippen molar-refractivity contribution in [1.82, 2.24) is 9.97 Å². The molecule has 150 valence electrons. The molecular formula is C21H33N3O3. The van der Waals surface area contributed by atoms with Crippen LogP contribution >= 0.6 is 0 Å². The lowest BCUT2D eigenvalue weighted by molar-refractivity contribution is 0.0734. The van der Waals surface area contributed by atoms with Gasteiger partial charge in [-0.2, -0.15) is 0 Å². The maximum Gasteiger partial charge on any atom is 0.413 e. The van der Waals surface area contributed by atoms with Crippen LogP contribution in [0.4, 0.5) is 10.6 Å². The largest absolute Gasteiger partial charge is 0.465 e. The molecule has 6 nitrogen and oxygen atoms in total. The van der Waals surface area contributed by atoms with E-state index in [9.17, 15) is 15.0 Å². The first-order chi connectivity index (χ1) is 12.7. The molecule has 2 aliphatic carbocycles. The summed E-state index contributed by atoms with van der Waals surface area (Å²) in [4.78, 5) is 21.7. The number of anilines is 1. The molecule has 0 saturated heterocycles. The minimum atomic E-state index is -1.09. The van der Waals surface area contributed by atoms with Crippen LogP contribution in [0.5, 0.6) is 0 Å². The first kappa shape index (κ1) is 20.1. The summed E-state index contributed by atoms with van der Waals surface area (Å²) in [6.45, 7) is 5.99. The van der Waals surface area contributed by atoms with E-state index in [1.807, 2.05) is 0 Å². The molecule has 0 bridgehead atoms. The Balaban J connectivity index is 1.68. The highest BCUT2D eigenvalue weighted by Gasteiger charge is 2.51. The number of aromatic nitrogens is 2. The standard InChI is InChI=1S/C21H33N3O3/c1-4-5-6-16-11-15(7-8-21(16)9-10-21)14-24(19(25)26)18-13-22-17(12-23-18)20(2,3)27/h12-13,15-16,27H,4-11,14H2,1-3H3,(H,25,26). The highest BCUT2D eigenvalue weighted by molar-refractivity contribution is 5.84. The average molecular weight is 376 g/mol. The summed E-state index contributed by atoms with van der Waals surface area (Å²) in [5.41, 5.74) is -0.0772. The van der Waals surface area contributed by atoms with Gasteiger partial charge in [-0.15, -0.1) is 0 Å². The molecule has 0 aliphatic heterocycles. The van der Waals surface area contributed by atoms with Crippen molar-refractivity contribution in [3.8, 4) is 0 Å². The summed E-state index contributed by atoms with van der Waals surface area (Å²) in [5.74, 6) is 1.47. The fraction of sp³-hybridized carbons (Fsp3) is 0.762. The first-order valence-corrected chi connectivity index (χ1v) is 10.3. The molecule has 2 saturated carbocycles. The number of unbranched alkanes of at least 4 members (excludes halogenated alkanes) is 1. The van der Waals surface area contributed by atoms with Crippen LogP contribution in [0.2, 0.25) is 0 Å². The Kier molecular flexibility index (Phi) is 5.75. The number of aliphatic hydroxyl groups is 1. The normalized spacial score (nSPS) is 24.0. The minimum Gasteiger partial charge on any atom is -0.465 e. The highest BCUT2D eigenvalue weighted by Crippen LogP contribution is 2.61. The molecular weight excluding hydrogens is 342 g/mol. The maximum absolute atomic E-state index is 11.9. The molecule has 0 aromatic carbocycles. The zero-order chi connectivity index (χ0) is 19.7. The van der Waals surface area contributed by atoms with Crippen LogP contribution in [-0.2, 0) is 5.60 Å².